The number of nitrogens with zero attached hydrogens (tertiary/aromatic N) is 3. The van der Waals surface area contributed by atoms with E-state index in [1.165, 1.54) is 12.3 Å². The van der Waals surface area contributed by atoms with Crippen molar-refractivity contribution in [3.05, 3.63) is 48.5 Å². The molecule has 1 fully saturated rings. The molecule has 3 heterocycles. The summed E-state index contributed by atoms with van der Waals surface area (Å²) >= 11 is 0. The Labute approximate surface area is 184 Å². The summed E-state index contributed by atoms with van der Waals surface area (Å²) in [6, 6.07) is 2.31. The topological polar surface area (TPSA) is 92.5 Å². The Morgan fingerprint density at radius 1 is 1.12 bits per heavy atom. The third-order valence-electron chi connectivity index (χ3n) is 5.98. The van der Waals surface area contributed by atoms with Crippen LogP contribution in [0.15, 0.2) is 43.0 Å². The number of rotatable bonds is 3. The summed E-state index contributed by atoms with van der Waals surface area (Å²) in [6.45, 7) is 0. The van der Waals surface area contributed by atoms with Gasteiger partial charge in [0.25, 0.3) is 0 Å². The smallest absolute Gasteiger partial charge is 0.361 e. The lowest BCUT2D eigenvalue weighted by atomic mass is 9.88. The molecule has 0 spiro atoms. The molecule has 1 aromatic carbocycles. The molecule has 1 saturated carbocycles. The molecule has 0 aliphatic heterocycles. The number of pyridine rings is 1. The van der Waals surface area contributed by atoms with Crippen LogP contribution in [0, 0.1) is 0 Å². The van der Waals surface area contributed by atoms with Crippen LogP contribution in [0.2, 0.25) is 0 Å². The van der Waals surface area contributed by atoms with Crippen LogP contribution in [0.3, 0.4) is 0 Å². The Balaban J connectivity index is 1.54. The van der Waals surface area contributed by atoms with E-state index in [9.17, 15) is 22.0 Å². The number of benzene rings is 1. The van der Waals surface area contributed by atoms with Crippen LogP contribution < -0.4 is 11.1 Å². The maximum Gasteiger partial charge on any atom is 0.416 e. The van der Waals surface area contributed by atoms with Gasteiger partial charge < -0.3 is 16.0 Å². The SMILES string of the molecule is N[C@@H]1CCC(F)(F)C[C@@H]1Nc1ncc2cncc(-c3c[nH]c4cc(C(F)(F)F)ccc34)c2n1. The van der Waals surface area contributed by atoms with Gasteiger partial charge in [-0.1, -0.05) is 6.07 Å². The van der Waals surface area contributed by atoms with E-state index >= 15 is 0 Å². The lowest BCUT2D eigenvalue weighted by Gasteiger charge is -2.34. The summed E-state index contributed by atoms with van der Waals surface area (Å²) in [4.78, 5) is 15.8. The van der Waals surface area contributed by atoms with Crippen LogP contribution in [0.1, 0.15) is 24.8 Å². The first-order valence-electron chi connectivity index (χ1n) is 10.3. The fourth-order valence-corrected chi connectivity index (χ4v) is 4.22. The van der Waals surface area contributed by atoms with Crippen LogP contribution in [0.25, 0.3) is 32.9 Å². The predicted octanol–water partition coefficient (Wildman–Crippen LogP) is 5.12. The van der Waals surface area contributed by atoms with Gasteiger partial charge in [0.1, 0.15) is 0 Å². The molecule has 0 amide bonds. The molecular weight excluding hydrogens is 443 g/mol. The van der Waals surface area contributed by atoms with Crippen LogP contribution >= 0.6 is 0 Å². The van der Waals surface area contributed by atoms with Crippen molar-refractivity contribution >= 4 is 27.8 Å². The van der Waals surface area contributed by atoms with E-state index in [-0.39, 0.29) is 18.8 Å². The normalized spacial score (nSPS) is 20.9. The molecule has 0 saturated heterocycles. The number of aromatic nitrogens is 4. The molecule has 1 aliphatic carbocycles. The molecule has 1 aliphatic rings. The second-order valence-corrected chi connectivity index (χ2v) is 8.29. The van der Waals surface area contributed by atoms with Crippen molar-refractivity contribution in [2.45, 2.75) is 43.4 Å². The van der Waals surface area contributed by atoms with Crippen molar-refractivity contribution in [1.82, 2.24) is 19.9 Å². The number of halogens is 5. The Bertz CT molecular complexity index is 1330. The van der Waals surface area contributed by atoms with Gasteiger partial charge in [-0.25, -0.2) is 18.7 Å². The summed E-state index contributed by atoms with van der Waals surface area (Å²) in [5.74, 6) is -2.66. The van der Waals surface area contributed by atoms with Crippen molar-refractivity contribution in [3.63, 3.8) is 0 Å². The first kappa shape index (κ1) is 21.5. The number of hydrogen-bond donors (Lipinski definition) is 3. The number of alkyl halides is 5. The molecule has 11 heteroatoms. The van der Waals surface area contributed by atoms with Gasteiger partial charge in [-0.3, -0.25) is 4.98 Å². The predicted molar refractivity (Wildman–Crippen MR) is 114 cm³/mol. The van der Waals surface area contributed by atoms with Crippen LogP contribution in [-0.4, -0.2) is 37.9 Å². The van der Waals surface area contributed by atoms with Crippen LogP contribution in [0.5, 0.6) is 0 Å². The first-order chi connectivity index (χ1) is 15.6. The molecule has 0 radical (unpaired) electrons. The fourth-order valence-electron chi connectivity index (χ4n) is 4.22. The number of H-pyrrole nitrogens is 1. The number of aromatic amines is 1. The molecule has 172 valence electrons. The van der Waals surface area contributed by atoms with Crippen molar-refractivity contribution in [1.29, 1.82) is 0 Å². The molecular formula is C22H19F5N6. The third kappa shape index (κ3) is 4.08. The number of nitrogens with two attached hydrogens (primary N) is 1. The van der Waals surface area contributed by atoms with Gasteiger partial charge in [0.15, 0.2) is 0 Å². The lowest BCUT2D eigenvalue weighted by molar-refractivity contribution is -0.137. The lowest BCUT2D eigenvalue weighted by Crippen LogP contribution is -2.48. The van der Waals surface area contributed by atoms with E-state index in [2.05, 4.69) is 25.3 Å². The monoisotopic (exact) mass is 462 g/mol. The minimum Gasteiger partial charge on any atom is -0.361 e. The zero-order chi connectivity index (χ0) is 23.4. The summed E-state index contributed by atoms with van der Waals surface area (Å²) < 4.78 is 66.9. The Hall–Kier alpha value is -3.34. The summed E-state index contributed by atoms with van der Waals surface area (Å²) in [5.41, 5.74) is 7.26. The fraction of sp³-hybridized carbons (Fsp3) is 0.318. The number of nitrogens with one attached hydrogen (secondary N) is 2. The highest BCUT2D eigenvalue weighted by Gasteiger charge is 2.40. The highest BCUT2D eigenvalue weighted by atomic mass is 19.4. The van der Waals surface area contributed by atoms with E-state index < -0.39 is 36.2 Å². The second kappa shape index (κ2) is 7.62. The minimum atomic E-state index is -4.45. The quantitative estimate of drug-likeness (QED) is 0.368. The molecule has 4 aromatic rings. The van der Waals surface area contributed by atoms with Gasteiger partial charge >= 0.3 is 6.18 Å². The van der Waals surface area contributed by atoms with Gasteiger partial charge in [-0.15, -0.1) is 0 Å². The maximum absolute atomic E-state index is 13.9. The van der Waals surface area contributed by atoms with Crippen molar-refractivity contribution in [2.75, 3.05) is 5.32 Å². The summed E-state index contributed by atoms with van der Waals surface area (Å²) in [5, 5.41) is 4.10. The van der Waals surface area contributed by atoms with Crippen molar-refractivity contribution < 1.29 is 22.0 Å². The first-order valence-corrected chi connectivity index (χ1v) is 10.3. The largest absolute Gasteiger partial charge is 0.416 e. The van der Waals surface area contributed by atoms with Gasteiger partial charge in [0.05, 0.1) is 11.1 Å². The van der Waals surface area contributed by atoms with Gasteiger partial charge in [-0.2, -0.15) is 13.2 Å². The van der Waals surface area contributed by atoms with Crippen molar-refractivity contribution in [2.24, 2.45) is 5.73 Å². The summed E-state index contributed by atoms with van der Waals surface area (Å²) in [7, 11) is 0. The minimum absolute atomic E-state index is 0.146. The van der Waals surface area contributed by atoms with Gasteiger partial charge in [-0.05, 0) is 18.6 Å². The summed E-state index contributed by atoms with van der Waals surface area (Å²) in [6.07, 6.45) is 1.28. The van der Waals surface area contributed by atoms with E-state index in [1.807, 2.05) is 0 Å². The van der Waals surface area contributed by atoms with E-state index in [0.717, 1.165) is 12.1 Å². The van der Waals surface area contributed by atoms with Crippen LogP contribution in [-0.2, 0) is 6.18 Å². The highest BCUT2D eigenvalue weighted by molar-refractivity contribution is 6.03. The molecule has 0 bridgehead atoms. The zero-order valence-electron chi connectivity index (χ0n) is 17.1. The number of hydrogen-bond acceptors (Lipinski definition) is 5. The molecule has 0 unspecified atom stereocenters. The van der Waals surface area contributed by atoms with Gasteiger partial charge in [0.2, 0.25) is 11.9 Å². The molecule has 6 nitrogen and oxygen atoms in total. The van der Waals surface area contributed by atoms with E-state index in [0.29, 0.717) is 32.9 Å². The second-order valence-electron chi connectivity index (χ2n) is 8.29. The third-order valence-corrected chi connectivity index (χ3v) is 5.98. The Morgan fingerprint density at radius 2 is 1.94 bits per heavy atom. The molecule has 3 aromatic heterocycles. The average molecular weight is 462 g/mol. The standard InChI is InChI=1S/C22H19F5N6/c23-21(24)4-3-16(28)18(6-21)32-20-31-8-11-7-29-9-15(19(11)33-20)14-10-30-17-5-12(22(25,26)27)1-2-13(14)17/h1-2,5,7-10,16,18,30H,3-4,6,28H2,(H,31,32,33)/t16-,18+/m1/s1. The van der Waals surface area contributed by atoms with Crippen LogP contribution in [0.4, 0.5) is 27.9 Å². The van der Waals surface area contributed by atoms with E-state index in [4.69, 9.17) is 5.73 Å². The molecule has 4 N–H and O–H groups in total. The number of anilines is 1. The maximum atomic E-state index is 13.9. The Kier molecular flexibility index (Phi) is 4.96. The Morgan fingerprint density at radius 3 is 2.73 bits per heavy atom. The highest BCUT2D eigenvalue weighted by Crippen LogP contribution is 2.37. The number of fused-ring (bicyclic) bond motifs is 2. The molecule has 2 atom stereocenters. The molecule has 5 rings (SSSR count). The van der Waals surface area contributed by atoms with Gasteiger partial charge in [0, 0.05) is 77.1 Å². The average Bonchev–Trinajstić information content (AvgIpc) is 3.18. The van der Waals surface area contributed by atoms with Crippen molar-refractivity contribution in [3.8, 4) is 11.1 Å². The van der Waals surface area contributed by atoms with E-state index in [1.54, 1.807) is 18.6 Å². The molecule has 33 heavy (non-hydrogen) atoms. The zero-order valence-corrected chi connectivity index (χ0v) is 17.1.